The summed E-state index contributed by atoms with van der Waals surface area (Å²) in [4.78, 5) is 21.0. The zero-order chi connectivity index (χ0) is 16.5. The minimum absolute atomic E-state index is 0.0122. The maximum atomic E-state index is 11.1. The van der Waals surface area contributed by atoms with E-state index in [-0.39, 0.29) is 18.3 Å². The molecule has 0 aliphatic heterocycles. The van der Waals surface area contributed by atoms with Gasteiger partial charge in [0.15, 0.2) is 0 Å². The second kappa shape index (κ2) is 8.52. The van der Waals surface area contributed by atoms with Crippen molar-refractivity contribution in [2.45, 2.75) is 32.2 Å². The number of hydrogen-bond acceptors (Lipinski definition) is 5. The summed E-state index contributed by atoms with van der Waals surface area (Å²) in [6.07, 6.45) is 6.81. The Hall–Kier alpha value is -2.75. The number of nitro benzene ring substituents is 1. The number of unbranched alkanes of at least 4 members (excludes halogenated alkanes) is 1. The van der Waals surface area contributed by atoms with Crippen LogP contribution in [0.2, 0.25) is 0 Å². The van der Waals surface area contributed by atoms with E-state index in [0.717, 1.165) is 12.8 Å². The van der Waals surface area contributed by atoms with Crippen molar-refractivity contribution in [3.05, 3.63) is 33.9 Å². The van der Waals surface area contributed by atoms with Gasteiger partial charge in [-0.3, -0.25) is 10.1 Å². The normalized spacial score (nSPS) is 11.3. The quantitative estimate of drug-likeness (QED) is 0.332. The van der Waals surface area contributed by atoms with E-state index in [1.807, 2.05) is 6.92 Å². The first kappa shape index (κ1) is 17.3. The van der Waals surface area contributed by atoms with Crippen LogP contribution in [0.1, 0.15) is 31.7 Å². The van der Waals surface area contributed by atoms with Crippen molar-refractivity contribution in [1.82, 2.24) is 0 Å². The van der Waals surface area contributed by atoms with Gasteiger partial charge in [0, 0.05) is 12.1 Å². The molecule has 0 radical (unpaired) electrons. The van der Waals surface area contributed by atoms with Gasteiger partial charge in [-0.25, -0.2) is 4.79 Å². The summed E-state index contributed by atoms with van der Waals surface area (Å²) in [7, 11) is 0. The molecule has 3 N–H and O–H groups in total. The van der Waals surface area contributed by atoms with Gasteiger partial charge < -0.3 is 15.8 Å². The molecule has 1 aromatic rings. The van der Waals surface area contributed by atoms with Crippen LogP contribution in [0.3, 0.4) is 0 Å². The molecule has 0 saturated heterocycles. The van der Waals surface area contributed by atoms with Crippen LogP contribution in [-0.2, 0) is 4.74 Å². The highest BCUT2D eigenvalue weighted by Crippen LogP contribution is 2.28. The highest BCUT2D eigenvalue weighted by molar-refractivity contribution is 5.70. The van der Waals surface area contributed by atoms with Crippen LogP contribution in [0, 0.1) is 22.5 Å². The Balaban J connectivity index is 2.60. The standard InChI is InChI=1S/C15H19N3O4/c1-3-12-8-6-9-13(18(20)21)14(12)17-11(2)7-4-5-10-22-15(16)19/h1,6,8-9,11,17H,4-5,7,10H2,2H3,(H2,16,19)/t11-/m0/s1. The third kappa shape index (κ3) is 5.32. The van der Waals surface area contributed by atoms with Gasteiger partial charge in [-0.15, -0.1) is 6.42 Å². The molecule has 0 aliphatic carbocycles. The summed E-state index contributed by atoms with van der Waals surface area (Å²) < 4.78 is 4.63. The fourth-order valence-corrected chi connectivity index (χ4v) is 2.01. The highest BCUT2D eigenvalue weighted by atomic mass is 16.6. The van der Waals surface area contributed by atoms with Crippen molar-refractivity contribution in [2.75, 3.05) is 11.9 Å². The number of nitrogens with one attached hydrogen (secondary N) is 1. The fraction of sp³-hybridized carbons (Fsp3) is 0.400. The van der Waals surface area contributed by atoms with Crippen molar-refractivity contribution in [3.63, 3.8) is 0 Å². The van der Waals surface area contributed by atoms with Crippen LogP contribution in [0.15, 0.2) is 18.2 Å². The molecule has 0 bridgehead atoms. The molecular weight excluding hydrogens is 286 g/mol. The Bertz CT molecular complexity index is 581. The van der Waals surface area contributed by atoms with Crippen molar-refractivity contribution >= 4 is 17.5 Å². The molecule has 1 atom stereocenters. The molecule has 0 spiro atoms. The summed E-state index contributed by atoms with van der Waals surface area (Å²) in [6, 6.07) is 4.62. The first-order chi connectivity index (χ1) is 10.5. The van der Waals surface area contributed by atoms with E-state index in [9.17, 15) is 14.9 Å². The van der Waals surface area contributed by atoms with Gasteiger partial charge in [0.05, 0.1) is 17.1 Å². The van der Waals surface area contributed by atoms with E-state index >= 15 is 0 Å². The Kier molecular flexibility index (Phi) is 6.70. The third-order valence-corrected chi connectivity index (χ3v) is 3.06. The van der Waals surface area contributed by atoms with E-state index in [0.29, 0.717) is 17.7 Å². The lowest BCUT2D eigenvalue weighted by Gasteiger charge is -2.16. The molecule has 1 amide bonds. The molecule has 1 aromatic carbocycles. The second-order valence-electron chi connectivity index (χ2n) is 4.81. The molecule has 0 unspecified atom stereocenters. The molecule has 118 valence electrons. The van der Waals surface area contributed by atoms with Crippen molar-refractivity contribution in [3.8, 4) is 12.3 Å². The number of benzene rings is 1. The van der Waals surface area contributed by atoms with Gasteiger partial charge in [-0.1, -0.05) is 12.0 Å². The number of rotatable bonds is 8. The molecule has 0 heterocycles. The van der Waals surface area contributed by atoms with E-state index in [1.54, 1.807) is 12.1 Å². The Labute approximate surface area is 129 Å². The molecule has 1 rings (SSSR count). The zero-order valence-corrected chi connectivity index (χ0v) is 12.4. The van der Waals surface area contributed by atoms with Gasteiger partial charge in [-0.2, -0.15) is 0 Å². The van der Waals surface area contributed by atoms with E-state index in [2.05, 4.69) is 16.0 Å². The number of amides is 1. The predicted octanol–water partition coefficient (Wildman–Crippen LogP) is 2.64. The SMILES string of the molecule is C#Cc1cccc([N+](=O)[O-])c1N[C@@H](C)CCCCOC(N)=O. The maximum Gasteiger partial charge on any atom is 0.404 e. The zero-order valence-electron chi connectivity index (χ0n) is 12.4. The van der Waals surface area contributed by atoms with Crippen LogP contribution in [0.4, 0.5) is 16.2 Å². The number of anilines is 1. The minimum Gasteiger partial charge on any atom is -0.450 e. The molecule has 22 heavy (non-hydrogen) atoms. The topological polar surface area (TPSA) is 107 Å². The molecule has 7 nitrogen and oxygen atoms in total. The van der Waals surface area contributed by atoms with Gasteiger partial charge in [0.1, 0.15) is 5.69 Å². The van der Waals surface area contributed by atoms with Crippen LogP contribution < -0.4 is 11.1 Å². The summed E-state index contributed by atoms with van der Waals surface area (Å²) >= 11 is 0. The molecule has 0 aliphatic rings. The number of nitro groups is 1. The molecule has 0 aromatic heterocycles. The largest absolute Gasteiger partial charge is 0.450 e. The minimum atomic E-state index is -0.787. The average Bonchev–Trinajstić information content (AvgIpc) is 2.46. The molecule has 0 saturated carbocycles. The Morgan fingerprint density at radius 3 is 2.86 bits per heavy atom. The summed E-state index contributed by atoms with van der Waals surface area (Å²) in [6.45, 7) is 2.18. The van der Waals surface area contributed by atoms with Crippen LogP contribution in [0.5, 0.6) is 0 Å². The summed E-state index contributed by atoms with van der Waals surface area (Å²) in [5.41, 5.74) is 5.63. The first-order valence-electron chi connectivity index (χ1n) is 6.88. The van der Waals surface area contributed by atoms with Gasteiger partial charge >= 0.3 is 6.09 Å². The van der Waals surface area contributed by atoms with Gasteiger partial charge in [0.2, 0.25) is 0 Å². The van der Waals surface area contributed by atoms with Gasteiger partial charge in [0.25, 0.3) is 5.69 Å². The monoisotopic (exact) mass is 305 g/mol. The van der Waals surface area contributed by atoms with Crippen molar-refractivity contribution in [2.24, 2.45) is 5.73 Å². The molecule has 0 fully saturated rings. The number of primary amides is 1. The number of hydrogen-bond donors (Lipinski definition) is 2. The lowest BCUT2D eigenvalue weighted by atomic mass is 10.1. The highest BCUT2D eigenvalue weighted by Gasteiger charge is 2.18. The molecule has 7 heteroatoms. The number of nitrogens with zero attached hydrogens (tertiary/aromatic N) is 1. The Morgan fingerprint density at radius 1 is 1.55 bits per heavy atom. The van der Waals surface area contributed by atoms with Crippen molar-refractivity contribution in [1.29, 1.82) is 0 Å². The second-order valence-corrected chi connectivity index (χ2v) is 4.81. The number of nitrogens with two attached hydrogens (primary N) is 1. The number of para-hydroxylation sites is 1. The number of carbonyl (C=O) groups excluding carboxylic acids is 1. The van der Waals surface area contributed by atoms with Crippen LogP contribution >= 0.6 is 0 Å². The summed E-state index contributed by atoms with van der Waals surface area (Å²) in [5.74, 6) is 2.45. The maximum absolute atomic E-state index is 11.1. The number of ether oxygens (including phenoxy) is 1. The van der Waals surface area contributed by atoms with Crippen LogP contribution in [-0.4, -0.2) is 23.7 Å². The third-order valence-electron chi connectivity index (χ3n) is 3.06. The average molecular weight is 305 g/mol. The smallest absolute Gasteiger partial charge is 0.404 e. The Morgan fingerprint density at radius 2 is 2.27 bits per heavy atom. The number of terminal acetylenes is 1. The van der Waals surface area contributed by atoms with Crippen LogP contribution in [0.25, 0.3) is 0 Å². The van der Waals surface area contributed by atoms with E-state index in [1.165, 1.54) is 6.07 Å². The lowest BCUT2D eigenvalue weighted by Crippen LogP contribution is -2.18. The van der Waals surface area contributed by atoms with E-state index < -0.39 is 11.0 Å². The number of carbonyl (C=O) groups is 1. The van der Waals surface area contributed by atoms with Gasteiger partial charge in [-0.05, 0) is 32.3 Å². The van der Waals surface area contributed by atoms with E-state index in [4.69, 9.17) is 12.2 Å². The lowest BCUT2D eigenvalue weighted by molar-refractivity contribution is -0.384. The fourth-order valence-electron chi connectivity index (χ4n) is 2.01. The predicted molar refractivity (Wildman–Crippen MR) is 83.5 cm³/mol. The summed E-state index contributed by atoms with van der Waals surface area (Å²) in [5, 5.41) is 14.2. The first-order valence-corrected chi connectivity index (χ1v) is 6.88. The molecular formula is C15H19N3O4. The van der Waals surface area contributed by atoms with Crippen molar-refractivity contribution < 1.29 is 14.5 Å².